The molecule has 1 aromatic carbocycles. The SMILES string of the molecule is CCCCCOC(=O)c1ccc(-c2ncc(OC(=O)[C@@H]3O[C@@H]3CCC)cn2)cc1. The highest BCUT2D eigenvalue weighted by Gasteiger charge is 2.45. The molecule has 1 aliphatic rings. The van der Waals surface area contributed by atoms with Gasteiger partial charge in [0.2, 0.25) is 0 Å². The van der Waals surface area contributed by atoms with Crippen LogP contribution in [0.4, 0.5) is 0 Å². The van der Waals surface area contributed by atoms with E-state index in [-0.39, 0.29) is 17.8 Å². The van der Waals surface area contributed by atoms with E-state index in [2.05, 4.69) is 16.9 Å². The zero-order valence-corrected chi connectivity index (χ0v) is 16.8. The molecule has 1 fully saturated rings. The standard InChI is InChI=1S/C22H26N2O5/c1-3-5-6-12-27-21(25)16-10-8-15(9-11-16)20-23-13-17(14-24-20)28-22(26)19-18(29-19)7-4-2/h8-11,13-14,18-19H,3-7,12H2,1-2H3/t18-,19-/m1/s1. The maximum Gasteiger partial charge on any atom is 0.343 e. The van der Waals surface area contributed by atoms with Crippen molar-refractivity contribution < 1.29 is 23.8 Å². The monoisotopic (exact) mass is 398 g/mol. The molecule has 0 saturated carbocycles. The van der Waals surface area contributed by atoms with Crippen LogP contribution in [0.3, 0.4) is 0 Å². The molecule has 0 amide bonds. The number of carbonyl (C=O) groups excluding carboxylic acids is 2. The first-order valence-corrected chi connectivity index (χ1v) is 10.1. The van der Waals surface area contributed by atoms with Crippen LogP contribution >= 0.6 is 0 Å². The summed E-state index contributed by atoms with van der Waals surface area (Å²) in [4.78, 5) is 32.5. The molecule has 0 spiro atoms. The van der Waals surface area contributed by atoms with Crippen molar-refractivity contribution in [3.63, 3.8) is 0 Å². The number of aromatic nitrogens is 2. The third kappa shape index (κ3) is 5.84. The van der Waals surface area contributed by atoms with Gasteiger partial charge in [-0.2, -0.15) is 0 Å². The maximum atomic E-state index is 12.0. The van der Waals surface area contributed by atoms with Crippen molar-refractivity contribution in [1.82, 2.24) is 9.97 Å². The molecule has 0 aliphatic carbocycles. The Morgan fingerprint density at radius 1 is 1.03 bits per heavy atom. The van der Waals surface area contributed by atoms with Gasteiger partial charge in [0.1, 0.15) is 0 Å². The molecule has 2 heterocycles. The molecule has 1 aromatic heterocycles. The van der Waals surface area contributed by atoms with E-state index in [0.29, 0.717) is 18.0 Å². The summed E-state index contributed by atoms with van der Waals surface area (Å²) in [6.07, 6.45) is 7.19. The third-order valence-electron chi connectivity index (χ3n) is 4.59. The summed E-state index contributed by atoms with van der Waals surface area (Å²) in [5, 5.41) is 0. The second-order valence-corrected chi connectivity index (χ2v) is 6.97. The summed E-state index contributed by atoms with van der Waals surface area (Å²) in [5.74, 6) is -0.00271. The number of rotatable bonds is 10. The summed E-state index contributed by atoms with van der Waals surface area (Å²) in [6, 6.07) is 6.90. The third-order valence-corrected chi connectivity index (χ3v) is 4.59. The molecule has 7 heteroatoms. The first-order valence-electron chi connectivity index (χ1n) is 10.1. The highest BCUT2D eigenvalue weighted by molar-refractivity contribution is 5.89. The van der Waals surface area contributed by atoms with Gasteiger partial charge in [-0.05, 0) is 25.0 Å². The maximum absolute atomic E-state index is 12.0. The number of ether oxygens (including phenoxy) is 3. The zero-order chi connectivity index (χ0) is 20.6. The first-order chi connectivity index (χ1) is 14.1. The largest absolute Gasteiger partial charge is 0.462 e. The molecule has 1 aliphatic heterocycles. The number of carbonyl (C=O) groups is 2. The average molecular weight is 398 g/mol. The van der Waals surface area contributed by atoms with E-state index in [0.717, 1.165) is 37.7 Å². The van der Waals surface area contributed by atoms with Gasteiger partial charge in [-0.1, -0.05) is 45.2 Å². The highest BCUT2D eigenvalue weighted by Crippen LogP contribution is 2.28. The van der Waals surface area contributed by atoms with Gasteiger partial charge in [0.15, 0.2) is 17.7 Å². The predicted octanol–water partition coefficient (Wildman–Crippen LogP) is 3.96. The van der Waals surface area contributed by atoms with E-state index >= 15 is 0 Å². The Morgan fingerprint density at radius 3 is 2.41 bits per heavy atom. The molecule has 0 radical (unpaired) electrons. The Balaban J connectivity index is 1.53. The normalized spacial score (nSPS) is 17.6. The van der Waals surface area contributed by atoms with Gasteiger partial charge in [0.05, 0.1) is 30.7 Å². The minimum atomic E-state index is -0.483. The summed E-state index contributed by atoms with van der Waals surface area (Å²) in [7, 11) is 0. The van der Waals surface area contributed by atoms with Crippen LogP contribution in [-0.2, 0) is 14.3 Å². The molecule has 0 unspecified atom stereocenters. The van der Waals surface area contributed by atoms with Crippen LogP contribution in [0, 0.1) is 0 Å². The van der Waals surface area contributed by atoms with Gasteiger partial charge >= 0.3 is 11.9 Å². The Kier molecular flexibility index (Phi) is 7.30. The predicted molar refractivity (Wildman–Crippen MR) is 106 cm³/mol. The van der Waals surface area contributed by atoms with Crippen LogP contribution in [0.15, 0.2) is 36.7 Å². The van der Waals surface area contributed by atoms with Crippen LogP contribution < -0.4 is 4.74 Å². The molecule has 154 valence electrons. The summed E-state index contributed by atoms with van der Waals surface area (Å²) < 4.78 is 15.8. The number of benzene rings is 1. The van der Waals surface area contributed by atoms with Gasteiger partial charge < -0.3 is 14.2 Å². The number of esters is 2. The minimum Gasteiger partial charge on any atom is -0.462 e. The average Bonchev–Trinajstić information content (AvgIpc) is 3.51. The van der Waals surface area contributed by atoms with Crippen molar-refractivity contribution in [2.75, 3.05) is 6.61 Å². The van der Waals surface area contributed by atoms with Gasteiger partial charge in [0.25, 0.3) is 0 Å². The second kappa shape index (κ2) is 10.1. The van der Waals surface area contributed by atoms with E-state index in [1.54, 1.807) is 24.3 Å². The van der Waals surface area contributed by atoms with Crippen LogP contribution in [0.5, 0.6) is 5.75 Å². The van der Waals surface area contributed by atoms with E-state index in [4.69, 9.17) is 14.2 Å². The molecule has 3 rings (SSSR count). The molecule has 29 heavy (non-hydrogen) atoms. The summed E-state index contributed by atoms with van der Waals surface area (Å²) in [5.41, 5.74) is 1.24. The van der Waals surface area contributed by atoms with Crippen molar-refractivity contribution in [2.45, 2.75) is 58.2 Å². The smallest absolute Gasteiger partial charge is 0.343 e. The van der Waals surface area contributed by atoms with Crippen molar-refractivity contribution in [3.8, 4) is 17.1 Å². The van der Waals surface area contributed by atoms with Crippen molar-refractivity contribution >= 4 is 11.9 Å². The summed E-state index contributed by atoms with van der Waals surface area (Å²) in [6.45, 7) is 4.58. The fourth-order valence-electron chi connectivity index (χ4n) is 2.90. The van der Waals surface area contributed by atoms with Crippen LogP contribution in [0.2, 0.25) is 0 Å². The molecule has 2 aromatic rings. The Labute approximate surface area is 170 Å². The first kappa shape index (κ1) is 20.9. The van der Waals surface area contributed by atoms with E-state index in [1.165, 1.54) is 12.4 Å². The molecule has 0 bridgehead atoms. The zero-order valence-electron chi connectivity index (χ0n) is 16.8. The lowest BCUT2D eigenvalue weighted by Gasteiger charge is -2.06. The fraction of sp³-hybridized carbons (Fsp3) is 0.455. The van der Waals surface area contributed by atoms with E-state index in [1.807, 2.05) is 6.92 Å². The Morgan fingerprint density at radius 2 is 1.76 bits per heavy atom. The molecule has 7 nitrogen and oxygen atoms in total. The molecule has 2 atom stereocenters. The van der Waals surface area contributed by atoms with Gasteiger partial charge in [0, 0.05) is 5.56 Å². The van der Waals surface area contributed by atoms with Crippen molar-refractivity contribution in [2.24, 2.45) is 0 Å². The molecular formula is C22H26N2O5. The van der Waals surface area contributed by atoms with Gasteiger partial charge in [-0.3, -0.25) is 0 Å². The van der Waals surface area contributed by atoms with Gasteiger partial charge in [-0.15, -0.1) is 0 Å². The number of epoxide rings is 1. The minimum absolute atomic E-state index is 0.0375. The molecule has 1 saturated heterocycles. The lowest BCUT2D eigenvalue weighted by molar-refractivity contribution is -0.135. The Bertz CT molecular complexity index is 820. The van der Waals surface area contributed by atoms with E-state index in [9.17, 15) is 9.59 Å². The van der Waals surface area contributed by atoms with E-state index < -0.39 is 12.1 Å². The van der Waals surface area contributed by atoms with Gasteiger partial charge in [-0.25, -0.2) is 19.6 Å². The second-order valence-electron chi connectivity index (χ2n) is 6.97. The number of unbranched alkanes of at least 4 members (excludes halogenated alkanes) is 2. The van der Waals surface area contributed by atoms with Crippen molar-refractivity contribution in [1.29, 1.82) is 0 Å². The van der Waals surface area contributed by atoms with Crippen LogP contribution in [0.1, 0.15) is 56.3 Å². The lowest BCUT2D eigenvalue weighted by atomic mass is 10.1. The quantitative estimate of drug-likeness (QED) is 0.340. The number of hydrogen-bond donors (Lipinski definition) is 0. The highest BCUT2D eigenvalue weighted by atomic mass is 16.6. The molecular weight excluding hydrogens is 372 g/mol. The number of hydrogen-bond acceptors (Lipinski definition) is 7. The van der Waals surface area contributed by atoms with Crippen LogP contribution in [-0.4, -0.2) is 40.7 Å². The fourth-order valence-corrected chi connectivity index (χ4v) is 2.90. The molecule has 0 N–H and O–H groups in total. The van der Waals surface area contributed by atoms with Crippen molar-refractivity contribution in [3.05, 3.63) is 42.2 Å². The Hall–Kier alpha value is -2.80. The summed E-state index contributed by atoms with van der Waals surface area (Å²) >= 11 is 0. The number of nitrogens with zero attached hydrogens (tertiary/aromatic N) is 2. The topological polar surface area (TPSA) is 90.9 Å². The van der Waals surface area contributed by atoms with Crippen LogP contribution in [0.25, 0.3) is 11.4 Å². The lowest BCUT2D eigenvalue weighted by Crippen LogP contribution is -2.17.